The van der Waals surface area contributed by atoms with Crippen LogP contribution in [0.2, 0.25) is 0 Å². The molecule has 0 radical (unpaired) electrons. The summed E-state index contributed by atoms with van der Waals surface area (Å²) in [5, 5.41) is 82.1. The van der Waals surface area contributed by atoms with Gasteiger partial charge < -0.3 is 105 Å². The van der Waals surface area contributed by atoms with Crippen LogP contribution in [0.5, 0.6) is 11.5 Å². The van der Waals surface area contributed by atoms with Crippen LogP contribution >= 0.6 is 0 Å². The molecule has 12 atom stereocenters. The molecule has 20 N–H and O–H groups in total. The molecule has 11 amide bonds. The topological polar surface area (TPSA) is 526 Å². The van der Waals surface area contributed by atoms with Gasteiger partial charge in [0.05, 0.1) is 19.3 Å². The normalized spacial score (nSPS) is 16.9. The van der Waals surface area contributed by atoms with Crippen LogP contribution in [0, 0.1) is 23.7 Å². The number of unbranched alkanes of at least 4 members (excludes halogenated alkanes) is 1. The Morgan fingerprint density at radius 1 is 0.486 bits per heavy atom. The zero-order valence-electron chi connectivity index (χ0n) is 63.5. The van der Waals surface area contributed by atoms with E-state index < -0.39 is 169 Å². The maximum Gasteiger partial charge on any atom is 0.326 e. The molecule has 0 spiro atoms. The molecule has 6 rings (SSSR count). The van der Waals surface area contributed by atoms with Gasteiger partial charge in [-0.3, -0.25) is 57.5 Å². The third kappa shape index (κ3) is 28.0. The summed E-state index contributed by atoms with van der Waals surface area (Å²) in [7, 11) is 0. The number of aromatic nitrogens is 1. The number of phenolic OH excluding ortho intramolecular Hbond substituents is 2. The second-order valence-electron chi connectivity index (χ2n) is 29.4. The molecule has 33 heteroatoms. The number of hydrogen-bond donors (Lipinski definition) is 18. The number of amides is 11. The van der Waals surface area contributed by atoms with Crippen molar-refractivity contribution in [3.8, 4) is 11.5 Å². The third-order valence-electron chi connectivity index (χ3n) is 18.6. The Hall–Kier alpha value is -10.3. The summed E-state index contributed by atoms with van der Waals surface area (Å²) in [6.45, 7) is 13.6. The van der Waals surface area contributed by atoms with Gasteiger partial charge in [0, 0.05) is 56.4 Å². The van der Waals surface area contributed by atoms with E-state index in [9.17, 15) is 73.5 Å². The molecule has 109 heavy (non-hydrogen) atoms. The van der Waals surface area contributed by atoms with Crippen LogP contribution < -0.4 is 59.3 Å². The number of aliphatic hydroxyl groups is 2. The number of carboxylic acid groups (broad SMARTS) is 2. The third-order valence-corrected chi connectivity index (χ3v) is 18.6. The van der Waals surface area contributed by atoms with Crippen LogP contribution in [-0.4, -0.2) is 228 Å². The number of nitrogens with one attached hydrogen (secondary N) is 10. The van der Waals surface area contributed by atoms with Gasteiger partial charge in [0.1, 0.15) is 78.0 Å². The molecule has 4 aromatic rings. The van der Waals surface area contributed by atoms with Gasteiger partial charge in [-0.15, -0.1) is 0 Å². The highest BCUT2D eigenvalue weighted by atomic mass is 16.4. The van der Waals surface area contributed by atoms with Crippen LogP contribution in [0.15, 0.2) is 79.0 Å². The number of carbonyl (C=O) groups excluding carboxylic acids is 11. The molecular formula is C76H112N14O19. The monoisotopic (exact) mass is 1520 g/mol. The molecule has 33 nitrogen and oxygen atoms in total. The zero-order chi connectivity index (χ0) is 80.9. The van der Waals surface area contributed by atoms with E-state index in [0.29, 0.717) is 55.3 Å². The van der Waals surface area contributed by atoms with E-state index >= 15 is 9.59 Å². The van der Waals surface area contributed by atoms with E-state index in [1.54, 1.807) is 78.1 Å². The summed E-state index contributed by atoms with van der Waals surface area (Å²) < 4.78 is 0. The highest BCUT2D eigenvalue weighted by Crippen LogP contribution is 2.26. The standard InChI is InChI=1S/C74H108N14O17.C2H4O2/c1-40(2)31-52(64(94)84-59(39-90)68(98)85-58(38-89)67(97)83-57(74(104)105)33-42(5)6)80-71(101)62(43(7)8)86-70(100)61-19-14-30-88(61)73(103)56(36-46-37-77-51-17-10-9-15-49(46)51)82-66(96)54(35-45-22-26-48(92)27-23-45)79-69(99)60-18-13-29-87(60)72(102)55(32-41(3)4)81-65(95)53(34-44-20-24-47(91)25-21-44)78-63(93)50(76)16-11-12-28-75;1-2(3)4/h9-10,15,17,20-27,37,40-43,50,52-62,77,89-92H,11-14,16,18-19,28-36,38-39,75-76H2,1-8H3,(H,78,93)(H,79,99)(H,80,101)(H,81,95)(H,82,96)(H,83,97)(H,84,94)(H,85,98)(H,86,100)(H,104,105);1H3,(H,3,4)/t50-,52-,53-,54-,55-,56-,57-,58-,59-,60-,61-,62-;/m0./s1. The number of aliphatic carboxylic acids is 2. The van der Waals surface area contributed by atoms with Crippen molar-refractivity contribution < 1.29 is 93.0 Å². The fourth-order valence-electron chi connectivity index (χ4n) is 13.0. The Labute approximate surface area is 634 Å². The smallest absolute Gasteiger partial charge is 0.326 e. The fraction of sp³-hybridized carbons (Fsp3) is 0.566. The Balaban J connectivity index is 0.00000518. The lowest BCUT2D eigenvalue weighted by atomic mass is 9.99. The van der Waals surface area contributed by atoms with Gasteiger partial charge in [-0.1, -0.05) is 104 Å². The van der Waals surface area contributed by atoms with Gasteiger partial charge >= 0.3 is 5.97 Å². The predicted octanol–water partition coefficient (Wildman–Crippen LogP) is 0.363. The molecule has 1 aromatic heterocycles. The first kappa shape index (κ1) is 89.4. The number of H-pyrrole nitrogens is 1. The molecule has 0 saturated carbocycles. The molecule has 3 heterocycles. The van der Waals surface area contributed by atoms with E-state index in [4.69, 9.17) is 21.4 Å². The second-order valence-corrected chi connectivity index (χ2v) is 29.4. The molecule has 3 aromatic carbocycles. The summed E-state index contributed by atoms with van der Waals surface area (Å²) >= 11 is 0. The molecule has 600 valence electrons. The maximum absolute atomic E-state index is 15.4. The van der Waals surface area contributed by atoms with Crippen molar-refractivity contribution >= 4 is 87.8 Å². The average molecular weight is 1530 g/mol. The number of likely N-dealkylation sites (tertiary alicyclic amines) is 2. The molecule has 0 bridgehead atoms. The number of para-hydroxylation sites is 1. The van der Waals surface area contributed by atoms with E-state index in [1.807, 2.05) is 32.0 Å². The van der Waals surface area contributed by atoms with Gasteiger partial charge in [-0.2, -0.15) is 0 Å². The van der Waals surface area contributed by atoms with Crippen LogP contribution in [0.4, 0.5) is 0 Å². The van der Waals surface area contributed by atoms with E-state index in [2.05, 4.69) is 52.8 Å². The number of aromatic amines is 1. The summed E-state index contributed by atoms with van der Waals surface area (Å²) in [4.78, 5) is 185. The summed E-state index contributed by atoms with van der Waals surface area (Å²) in [5.41, 5.74) is 14.3. The van der Waals surface area contributed by atoms with Gasteiger partial charge in [-0.25, -0.2) is 4.79 Å². The molecule has 2 aliphatic heterocycles. The number of aliphatic hydroxyl groups excluding tert-OH is 2. The number of fused-ring (bicyclic) bond motifs is 1. The van der Waals surface area contributed by atoms with Crippen LogP contribution in [0.25, 0.3) is 10.9 Å². The van der Waals surface area contributed by atoms with Crippen molar-refractivity contribution in [1.29, 1.82) is 0 Å². The van der Waals surface area contributed by atoms with Crippen LogP contribution in [0.1, 0.15) is 143 Å². The van der Waals surface area contributed by atoms with Gasteiger partial charge in [-0.05, 0) is 135 Å². The largest absolute Gasteiger partial charge is 0.508 e. The SMILES string of the molecule is CC(=O)O.CC(C)C[C@H](NC(=O)[C@H](CO)NC(=O)[C@H](CO)NC(=O)[C@H](CC(C)C)NC(=O)[C@@H](NC(=O)[C@@H]1CCCN1C(=O)[C@H](Cc1c[nH]c2ccccc12)NC(=O)[C@H](Cc1ccc(O)cc1)NC(=O)[C@@H]1CCCN1C(=O)[C@H](CC(C)C)NC(=O)[C@H](Cc1ccc(O)cc1)NC(=O)[C@@H](N)CCCCN)C(C)C)C(=O)O. The first-order chi connectivity index (χ1) is 51.5. The lowest BCUT2D eigenvalue weighted by molar-refractivity contribution is -0.143. The molecule has 2 fully saturated rings. The lowest BCUT2D eigenvalue weighted by Gasteiger charge is -2.32. The van der Waals surface area contributed by atoms with Crippen LogP contribution in [0.3, 0.4) is 0 Å². The number of carboxylic acids is 2. The number of benzene rings is 3. The fourth-order valence-corrected chi connectivity index (χ4v) is 13.0. The number of carbonyl (C=O) groups is 13. The summed E-state index contributed by atoms with van der Waals surface area (Å²) in [6.07, 6.45) is 3.94. The minimum atomic E-state index is -1.73. The van der Waals surface area contributed by atoms with Gasteiger partial charge in [0.15, 0.2) is 0 Å². The van der Waals surface area contributed by atoms with E-state index in [0.717, 1.165) is 17.8 Å². The Bertz CT molecular complexity index is 3730. The van der Waals surface area contributed by atoms with Gasteiger partial charge in [0.25, 0.3) is 5.97 Å². The molecule has 0 aliphatic carbocycles. The highest BCUT2D eigenvalue weighted by molar-refractivity contribution is 6.00. The van der Waals surface area contributed by atoms with Crippen molar-refractivity contribution in [2.45, 2.75) is 218 Å². The number of aromatic hydroxyl groups is 2. The highest BCUT2D eigenvalue weighted by Gasteiger charge is 2.44. The van der Waals surface area contributed by atoms with Crippen molar-refractivity contribution in [2.75, 3.05) is 32.8 Å². The Morgan fingerprint density at radius 2 is 0.890 bits per heavy atom. The van der Waals surface area contributed by atoms with Crippen molar-refractivity contribution in [3.05, 3.63) is 95.7 Å². The number of nitrogens with two attached hydrogens (primary N) is 2. The summed E-state index contributed by atoms with van der Waals surface area (Å²) in [5.74, 6) is -12.3. The molecule has 2 aliphatic rings. The number of phenols is 2. The zero-order valence-corrected chi connectivity index (χ0v) is 63.5. The van der Waals surface area contributed by atoms with Gasteiger partial charge in [0.2, 0.25) is 65.0 Å². The number of hydrogen-bond acceptors (Lipinski definition) is 19. The Morgan fingerprint density at radius 3 is 1.37 bits per heavy atom. The molecule has 2 saturated heterocycles. The van der Waals surface area contributed by atoms with Crippen molar-refractivity contribution in [2.24, 2.45) is 35.1 Å². The minimum absolute atomic E-state index is 0.0138. The summed E-state index contributed by atoms with van der Waals surface area (Å²) in [6, 6.07) is 3.13. The average Bonchev–Trinajstić information content (AvgIpc) is 1.27. The lowest BCUT2D eigenvalue weighted by Crippen LogP contribution is -2.62. The van der Waals surface area contributed by atoms with Crippen molar-refractivity contribution in [3.63, 3.8) is 0 Å². The molecular weight excluding hydrogens is 1410 g/mol. The number of nitrogens with zero attached hydrogens (tertiary/aromatic N) is 2. The first-order valence-electron chi connectivity index (χ1n) is 37.1. The van der Waals surface area contributed by atoms with E-state index in [-0.39, 0.29) is 93.7 Å². The Kier molecular flexibility index (Phi) is 35.8. The second kappa shape index (κ2) is 43.7. The number of rotatable bonds is 40. The van der Waals surface area contributed by atoms with Crippen molar-refractivity contribution in [1.82, 2.24) is 62.6 Å². The predicted molar refractivity (Wildman–Crippen MR) is 402 cm³/mol. The maximum atomic E-state index is 15.4. The van der Waals surface area contributed by atoms with Crippen LogP contribution in [-0.2, 0) is 81.6 Å². The minimum Gasteiger partial charge on any atom is -0.508 e. The quantitative estimate of drug-likeness (QED) is 0.0267. The first-order valence-corrected chi connectivity index (χ1v) is 37.1. The molecule has 0 unspecified atom stereocenters. The van der Waals surface area contributed by atoms with E-state index in [1.165, 1.54) is 34.1 Å².